The van der Waals surface area contributed by atoms with Crippen LogP contribution in [-0.2, 0) is 16.1 Å². The quantitative estimate of drug-likeness (QED) is 0.382. The molecule has 190 valence electrons. The fraction of sp³-hybridized carbons (Fsp3) is 0.310. The average Bonchev–Trinajstić information content (AvgIpc) is 3.35. The zero-order valence-electron chi connectivity index (χ0n) is 20.9. The molecule has 1 heterocycles. The van der Waals surface area contributed by atoms with Gasteiger partial charge in [0.1, 0.15) is 23.9 Å². The number of ether oxygens (including phenoxy) is 1. The maximum Gasteiger partial charge on any atom is 0.249 e. The van der Waals surface area contributed by atoms with Gasteiger partial charge in [0.2, 0.25) is 11.8 Å². The third kappa shape index (κ3) is 5.48. The smallest absolute Gasteiger partial charge is 0.249 e. The number of para-hydroxylation sites is 1. The number of aromatic nitrogens is 3. The minimum Gasteiger partial charge on any atom is -0.497 e. The maximum atomic E-state index is 14.0. The molecule has 3 aromatic carbocycles. The second kappa shape index (κ2) is 11.2. The van der Waals surface area contributed by atoms with E-state index in [1.165, 1.54) is 6.42 Å². The van der Waals surface area contributed by atoms with Gasteiger partial charge in [0, 0.05) is 11.7 Å². The standard InChI is InChI=1S/C29H31N5O3/c1-37-24-18-16-23(17-19-24)34(27(35)20-33-26-15-9-8-14-25(26)31-32-33)28(21-10-4-2-5-11-21)29(36)30-22-12-6-3-7-13-22/h2,4-5,8-11,14-19,22,28H,3,6-7,12-13,20H2,1H3,(H,30,36)/t28-/m0/s1. The Morgan fingerprint density at radius 1 is 0.973 bits per heavy atom. The summed E-state index contributed by atoms with van der Waals surface area (Å²) in [6, 6.07) is 23.4. The van der Waals surface area contributed by atoms with Crippen molar-refractivity contribution in [1.82, 2.24) is 20.3 Å². The Morgan fingerprint density at radius 2 is 1.68 bits per heavy atom. The third-order valence-corrected chi connectivity index (χ3v) is 6.90. The van der Waals surface area contributed by atoms with Crippen molar-refractivity contribution in [2.75, 3.05) is 12.0 Å². The van der Waals surface area contributed by atoms with Crippen LogP contribution in [0.3, 0.4) is 0 Å². The zero-order chi connectivity index (χ0) is 25.6. The predicted octanol–water partition coefficient (Wildman–Crippen LogP) is 4.66. The van der Waals surface area contributed by atoms with Crippen molar-refractivity contribution in [2.45, 2.75) is 50.7 Å². The van der Waals surface area contributed by atoms with E-state index >= 15 is 0 Å². The lowest BCUT2D eigenvalue weighted by Gasteiger charge is -2.33. The number of nitrogens with zero attached hydrogens (tertiary/aromatic N) is 4. The molecule has 0 spiro atoms. The van der Waals surface area contributed by atoms with Gasteiger partial charge in [-0.05, 0) is 54.8 Å². The van der Waals surface area contributed by atoms with Crippen molar-refractivity contribution >= 4 is 28.5 Å². The highest BCUT2D eigenvalue weighted by Crippen LogP contribution is 2.31. The van der Waals surface area contributed by atoms with Crippen molar-refractivity contribution in [2.24, 2.45) is 0 Å². The molecule has 0 aliphatic heterocycles. The van der Waals surface area contributed by atoms with Crippen molar-refractivity contribution in [1.29, 1.82) is 0 Å². The summed E-state index contributed by atoms with van der Waals surface area (Å²) in [5, 5.41) is 11.6. The molecule has 1 aliphatic carbocycles. The molecule has 0 bridgehead atoms. The van der Waals surface area contributed by atoms with Crippen LogP contribution in [0.2, 0.25) is 0 Å². The second-order valence-electron chi connectivity index (χ2n) is 9.35. The molecular formula is C29H31N5O3. The second-order valence-corrected chi connectivity index (χ2v) is 9.35. The van der Waals surface area contributed by atoms with E-state index in [1.54, 1.807) is 41.0 Å². The van der Waals surface area contributed by atoms with Gasteiger partial charge in [-0.15, -0.1) is 5.10 Å². The van der Waals surface area contributed by atoms with E-state index in [0.29, 0.717) is 17.0 Å². The van der Waals surface area contributed by atoms with Crippen molar-refractivity contribution < 1.29 is 14.3 Å². The summed E-state index contributed by atoms with van der Waals surface area (Å²) in [6.07, 6.45) is 5.29. The monoisotopic (exact) mass is 497 g/mol. The van der Waals surface area contributed by atoms with Gasteiger partial charge in [0.25, 0.3) is 0 Å². The lowest BCUT2D eigenvalue weighted by molar-refractivity contribution is -0.127. The number of rotatable bonds is 8. The van der Waals surface area contributed by atoms with Crippen molar-refractivity contribution in [3.63, 3.8) is 0 Å². The Bertz CT molecular complexity index is 1350. The van der Waals surface area contributed by atoms with Crippen LogP contribution in [0.25, 0.3) is 11.0 Å². The summed E-state index contributed by atoms with van der Waals surface area (Å²) in [7, 11) is 1.60. The fourth-order valence-electron chi connectivity index (χ4n) is 5.00. The number of hydrogen-bond donors (Lipinski definition) is 1. The van der Waals surface area contributed by atoms with E-state index in [1.807, 2.05) is 54.6 Å². The topological polar surface area (TPSA) is 89.3 Å². The van der Waals surface area contributed by atoms with E-state index < -0.39 is 6.04 Å². The number of fused-ring (bicyclic) bond motifs is 1. The SMILES string of the molecule is COc1ccc(N(C(=O)Cn2nnc3ccccc32)[C@H](C(=O)NC2CCCCC2)c2ccccc2)cc1. The van der Waals surface area contributed by atoms with E-state index in [4.69, 9.17) is 4.74 Å². The Hall–Kier alpha value is -4.20. The van der Waals surface area contributed by atoms with Gasteiger partial charge in [-0.1, -0.05) is 66.9 Å². The number of benzene rings is 3. The molecule has 1 saturated carbocycles. The summed E-state index contributed by atoms with van der Waals surface area (Å²) in [5.41, 5.74) is 2.81. The van der Waals surface area contributed by atoms with Crippen LogP contribution < -0.4 is 15.0 Å². The van der Waals surface area contributed by atoms with E-state index in [2.05, 4.69) is 15.6 Å². The molecule has 5 rings (SSSR count). The molecule has 2 amide bonds. The molecule has 37 heavy (non-hydrogen) atoms. The van der Waals surface area contributed by atoms with Crippen LogP contribution >= 0.6 is 0 Å². The van der Waals surface area contributed by atoms with Gasteiger partial charge in [0.05, 0.1) is 12.6 Å². The minimum absolute atomic E-state index is 0.0629. The highest BCUT2D eigenvalue weighted by atomic mass is 16.5. The van der Waals surface area contributed by atoms with Crippen LogP contribution in [-0.4, -0.2) is 40.0 Å². The Balaban J connectivity index is 1.54. The van der Waals surface area contributed by atoms with Crippen molar-refractivity contribution in [3.8, 4) is 5.75 Å². The van der Waals surface area contributed by atoms with Gasteiger partial charge in [0.15, 0.2) is 0 Å². The molecule has 8 nitrogen and oxygen atoms in total. The number of hydrogen-bond acceptors (Lipinski definition) is 5. The molecule has 8 heteroatoms. The van der Waals surface area contributed by atoms with Crippen LogP contribution in [0.4, 0.5) is 5.69 Å². The first-order valence-corrected chi connectivity index (χ1v) is 12.7. The maximum absolute atomic E-state index is 14.0. The lowest BCUT2D eigenvalue weighted by Crippen LogP contribution is -2.48. The first kappa shape index (κ1) is 24.5. The Morgan fingerprint density at radius 3 is 2.41 bits per heavy atom. The van der Waals surface area contributed by atoms with Gasteiger partial charge in [-0.3, -0.25) is 14.5 Å². The highest BCUT2D eigenvalue weighted by Gasteiger charge is 2.34. The van der Waals surface area contributed by atoms with E-state index in [-0.39, 0.29) is 24.4 Å². The Kier molecular flexibility index (Phi) is 7.44. The molecular weight excluding hydrogens is 466 g/mol. The van der Waals surface area contributed by atoms with Gasteiger partial charge >= 0.3 is 0 Å². The number of methoxy groups -OCH3 is 1. The van der Waals surface area contributed by atoms with Crippen LogP contribution in [0.15, 0.2) is 78.9 Å². The molecule has 1 atom stereocenters. The largest absolute Gasteiger partial charge is 0.497 e. The molecule has 0 unspecified atom stereocenters. The molecule has 0 radical (unpaired) electrons. The zero-order valence-corrected chi connectivity index (χ0v) is 20.9. The normalized spacial score (nSPS) is 14.7. The van der Waals surface area contributed by atoms with Gasteiger partial charge in [-0.2, -0.15) is 0 Å². The minimum atomic E-state index is -0.848. The fourth-order valence-corrected chi connectivity index (χ4v) is 5.00. The summed E-state index contributed by atoms with van der Waals surface area (Å²) in [5.74, 6) is 0.209. The third-order valence-electron chi connectivity index (χ3n) is 6.90. The molecule has 1 aliphatic rings. The summed E-state index contributed by atoms with van der Waals surface area (Å²) < 4.78 is 6.91. The number of anilines is 1. The van der Waals surface area contributed by atoms with Crippen LogP contribution in [0.5, 0.6) is 5.75 Å². The number of carbonyl (C=O) groups is 2. The molecule has 4 aromatic rings. The van der Waals surface area contributed by atoms with Crippen molar-refractivity contribution in [3.05, 3.63) is 84.4 Å². The number of nitrogens with one attached hydrogen (secondary N) is 1. The molecule has 1 N–H and O–H groups in total. The van der Waals surface area contributed by atoms with Crippen LogP contribution in [0.1, 0.15) is 43.7 Å². The molecule has 1 aromatic heterocycles. The van der Waals surface area contributed by atoms with E-state index in [9.17, 15) is 9.59 Å². The summed E-state index contributed by atoms with van der Waals surface area (Å²) in [4.78, 5) is 29.5. The lowest BCUT2D eigenvalue weighted by atomic mass is 9.94. The first-order valence-electron chi connectivity index (χ1n) is 12.7. The highest BCUT2D eigenvalue weighted by molar-refractivity contribution is 6.01. The van der Waals surface area contributed by atoms with Crippen LogP contribution in [0, 0.1) is 0 Å². The average molecular weight is 498 g/mol. The van der Waals surface area contributed by atoms with Gasteiger partial charge in [-0.25, -0.2) is 4.68 Å². The van der Waals surface area contributed by atoms with E-state index in [0.717, 1.165) is 36.8 Å². The predicted molar refractivity (Wildman–Crippen MR) is 142 cm³/mol. The molecule has 1 fully saturated rings. The first-order chi connectivity index (χ1) is 18.1. The number of amides is 2. The summed E-state index contributed by atoms with van der Waals surface area (Å²) >= 11 is 0. The molecule has 0 saturated heterocycles. The Labute approximate surface area is 216 Å². The van der Waals surface area contributed by atoms with Gasteiger partial charge < -0.3 is 10.1 Å². The summed E-state index contributed by atoms with van der Waals surface area (Å²) in [6.45, 7) is -0.0629. The number of carbonyl (C=O) groups excluding carboxylic acids is 2.